The second-order valence-corrected chi connectivity index (χ2v) is 3.33. The fourth-order valence-corrected chi connectivity index (χ4v) is 1.34. The lowest BCUT2D eigenvalue weighted by Crippen LogP contribution is -2.06. The Morgan fingerprint density at radius 3 is 2.65 bits per heavy atom. The number of hydrogen-bond acceptors (Lipinski definition) is 5. The number of aliphatic carboxylic acids is 1. The van der Waals surface area contributed by atoms with Gasteiger partial charge in [-0.1, -0.05) is 0 Å². The average Bonchev–Trinajstić information content (AvgIpc) is 2.36. The highest BCUT2D eigenvalue weighted by atomic mass is 19.3. The number of rotatable bonds is 5. The predicted octanol–water partition coefficient (Wildman–Crippen LogP) is 2.17. The van der Waals surface area contributed by atoms with E-state index in [9.17, 15) is 23.7 Å². The summed E-state index contributed by atoms with van der Waals surface area (Å²) in [6, 6.07) is 3.37. The minimum absolute atomic E-state index is 0.191. The molecule has 1 aromatic carbocycles. The van der Waals surface area contributed by atoms with Gasteiger partial charge < -0.3 is 9.84 Å². The first-order valence-electron chi connectivity index (χ1n) is 4.93. The summed E-state index contributed by atoms with van der Waals surface area (Å²) >= 11 is 0. The number of nitro benzene ring substituents is 1. The van der Waals surface area contributed by atoms with Crippen molar-refractivity contribution in [3.8, 4) is 11.8 Å². The highest BCUT2D eigenvalue weighted by molar-refractivity contribution is 5.86. The topological polar surface area (TPSA) is 113 Å². The van der Waals surface area contributed by atoms with E-state index in [2.05, 4.69) is 4.74 Å². The number of nitrogens with zero attached hydrogens (tertiary/aromatic N) is 2. The standard InChI is InChI=1S/C11H6F2N2O5/c12-11(13)20-10-7(1-2-9(16)17)3-6(5-14)4-8(10)15(18)19/h1-4,11H,(H,16,17)/b2-1+. The third-order valence-corrected chi connectivity index (χ3v) is 2.04. The van der Waals surface area contributed by atoms with E-state index >= 15 is 0 Å². The fourth-order valence-electron chi connectivity index (χ4n) is 1.34. The van der Waals surface area contributed by atoms with Crippen molar-refractivity contribution in [3.05, 3.63) is 39.4 Å². The second-order valence-electron chi connectivity index (χ2n) is 3.33. The summed E-state index contributed by atoms with van der Waals surface area (Å²) < 4.78 is 28.6. The van der Waals surface area contributed by atoms with Crippen molar-refractivity contribution in [2.24, 2.45) is 0 Å². The minimum atomic E-state index is -3.33. The summed E-state index contributed by atoms with van der Waals surface area (Å²) in [7, 11) is 0. The van der Waals surface area contributed by atoms with E-state index in [0.29, 0.717) is 6.08 Å². The molecule has 0 aliphatic carbocycles. The molecule has 0 aliphatic heterocycles. The Morgan fingerprint density at radius 2 is 2.20 bits per heavy atom. The highest BCUT2D eigenvalue weighted by Crippen LogP contribution is 2.34. The van der Waals surface area contributed by atoms with Crippen LogP contribution >= 0.6 is 0 Å². The lowest BCUT2D eigenvalue weighted by atomic mass is 10.1. The molecule has 0 heterocycles. The summed E-state index contributed by atoms with van der Waals surface area (Å²) in [4.78, 5) is 20.2. The zero-order chi connectivity index (χ0) is 15.3. The monoisotopic (exact) mass is 284 g/mol. The summed E-state index contributed by atoms with van der Waals surface area (Å²) in [6.45, 7) is -3.33. The number of carboxylic acid groups (broad SMARTS) is 1. The van der Waals surface area contributed by atoms with Crippen LogP contribution in [0.1, 0.15) is 11.1 Å². The van der Waals surface area contributed by atoms with Gasteiger partial charge in [-0.05, 0) is 12.1 Å². The third-order valence-electron chi connectivity index (χ3n) is 2.04. The molecule has 0 aromatic heterocycles. The van der Waals surface area contributed by atoms with Crippen LogP contribution in [0.25, 0.3) is 6.08 Å². The van der Waals surface area contributed by atoms with Gasteiger partial charge >= 0.3 is 18.3 Å². The van der Waals surface area contributed by atoms with Crippen molar-refractivity contribution in [3.63, 3.8) is 0 Å². The van der Waals surface area contributed by atoms with Crippen LogP contribution in [0.3, 0.4) is 0 Å². The summed E-state index contributed by atoms with van der Waals surface area (Å²) in [5.41, 5.74) is -1.35. The molecule has 7 nitrogen and oxygen atoms in total. The first-order valence-corrected chi connectivity index (χ1v) is 4.93. The predicted molar refractivity (Wildman–Crippen MR) is 61.1 cm³/mol. The van der Waals surface area contributed by atoms with Gasteiger partial charge in [-0.3, -0.25) is 10.1 Å². The first kappa shape index (κ1) is 15.0. The molecule has 0 spiro atoms. The number of carbonyl (C=O) groups is 1. The van der Waals surface area contributed by atoms with E-state index in [1.807, 2.05) is 0 Å². The molecule has 0 aliphatic rings. The Morgan fingerprint density at radius 1 is 1.55 bits per heavy atom. The van der Waals surface area contributed by atoms with Crippen molar-refractivity contribution in [2.75, 3.05) is 0 Å². The van der Waals surface area contributed by atoms with Crippen LogP contribution in [-0.4, -0.2) is 22.6 Å². The Labute approximate surface area is 110 Å². The van der Waals surface area contributed by atoms with Crippen LogP contribution in [0.4, 0.5) is 14.5 Å². The second kappa shape index (κ2) is 6.24. The lowest BCUT2D eigenvalue weighted by molar-refractivity contribution is -0.386. The van der Waals surface area contributed by atoms with Crippen molar-refractivity contribution in [2.45, 2.75) is 6.61 Å². The largest absolute Gasteiger partial charge is 0.478 e. The van der Waals surface area contributed by atoms with E-state index in [-0.39, 0.29) is 11.1 Å². The molecular formula is C11H6F2N2O5. The van der Waals surface area contributed by atoms with Gasteiger partial charge in [0.25, 0.3) is 0 Å². The Kier molecular flexibility index (Phi) is 4.69. The number of ether oxygens (including phenoxy) is 1. The van der Waals surface area contributed by atoms with Crippen LogP contribution in [0.2, 0.25) is 0 Å². The molecule has 104 valence electrons. The molecule has 0 unspecified atom stereocenters. The van der Waals surface area contributed by atoms with Crippen LogP contribution < -0.4 is 4.74 Å². The fraction of sp³-hybridized carbons (Fsp3) is 0.0909. The molecule has 1 aromatic rings. The van der Waals surface area contributed by atoms with Gasteiger partial charge in [0, 0.05) is 17.7 Å². The number of hydrogen-bond donors (Lipinski definition) is 1. The van der Waals surface area contributed by atoms with Gasteiger partial charge in [-0.25, -0.2) is 4.79 Å². The molecule has 0 saturated heterocycles. The normalized spacial score (nSPS) is 10.5. The zero-order valence-corrected chi connectivity index (χ0v) is 9.62. The maximum atomic E-state index is 12.3. The molecule has 0 fully saturated rings. The van der Waals surface area contributed by atoms with E-state index in [1.165, 1.54) is 0 Å². The quantitative estimate of drug-likeness (QED) is 0.503. The van der Waals surface area contributed by atoms with Gasteiger partial charge in [0.1, 0.15) is 0 Å². The van der Waals surface area contributed by atoms with E-state index in [0.717, 1.165) is 18.2 Å². The Balaban J connectivity index is 3.51. The Bertz CT molecular complexity index is 622. The number of nitro groups is 1. The van der Waals surface area contributed by atoms with Gasteiger partial charge in [0.15, 0.2) is 0 Å². The average molecular weight is 284 g/mol. The molecule has 1 rings (SSSR count). The van der Waals surface area contributed by atoms with E-state index < -0.39 is 28.9 Å². The van der Waals surface area contributed by atoms with Crippen LogP contribution in [0.15, 0.2) is 18.2 Å². The molecule has 0 atom stereocenters. The molecule has 9 heteroatoms. The molecule has 1 N–H and O–H groups in total. The molecule has 0 radical (unpaired) electrons. The summed E-state index contributed by atoms with van der Waals surface area (Å²) in [5.74, 6) is -2.19. The molecular weight excluding hydrogens is 278 g/mol. The smallest absolute Gasteiger partial charge is 0.387 e. The summed E-state index contributed by atoms with van der Waals surface area (Å²) in [5, 5.41) is 28.0. The van der Waals surface area contributed by atoms with Gasteiger partial charge in [0.2, 0.25) is 5.75 Å². The van der Waals surface area contributed by atoms with E-state index in [4.69, 9.17) is 10.4 Å². The Hall–Kier alpha value is -3.02. The lowest BCUT2D eigenvalue weighted by Gasteiger charge is -2.09. The number of alkyl halides is 2. The summed E-state index contributed by atoms with van der Waals surface area (Å²) in [6.07, 6.45) is 1.41. The SMILES string of the molecule is N#Cc1cc(/C=C/C(=O)O)c(OC(F)F)c([N+](=O)[O-])c1. The zero-order valence-electron chi connectivity index (χ0n) is 9.62. The van der Waals surface area contributed by atoms with Crippen molar-refractivity contribution in [1.29, 1.82) is 5.26 Å². The van der Waals surface area contributed by atoms with Gasteiger partial charge in [-0.2, -0.15) is 14.0 Å². The van der Waals surface area contributed by atoms with Crippen LogP contribution in [0.5, 0.6) is 5.75 Å². The van der Waals surface area contributed by atoms with Crippen LogP contribution in [-0.2, 0) is 4.79 Å². The van der Waals surface area contributed by atoms with Crippen LogP contribution in [0, 0.1) is 21.4 Å². The van der Waals surface area contributed by atoms with Gasteiger partial charge in [0.05, 0.1) is 16.6 Å². The van der Waals surface area contributed by atoms with Crippen molar-refractivity contribution in [1.82, 2.24) is 0 Å². The number of halogens is 2. The molecule has 0 amide bonds. The molecule has 0 saturated carbocycles. The third kappa shape index (κ3) is 3.74. The molecule has 0 bridgehead atoms. The van der Waals surface area contributed by atoms with Crippen molar-refractivity contribution >= 4 is 17.7 Å². The number of nitriles is 1. The highest BCUT2D eigenvalue weighted by Gasteiger charge is 2.23. The minimum Gasteiger partial charge on any atom is -0.478 e. The van der Waals surface area contributed by atoms with Gasteiger partial charge in [-0.15, -0.1) is 0 Å². The van der Waals surface area contributed by atoms with Crippen molar-refractivity contribution < 1.29 is 28.3 Å². The maximum Gasteiger partial charge on any atom is 0.387 e. The number of benzene rings is 1. The maximum absolute atomic E-state index is 12.3. The first-order chi connectivity index (χ1) is 9.35. The number of carboxylic acids is 1. The molecule has 20 heavy (non-hydrogen) atoms. The van der Waals surface area contributed by atoms with E-state index in [1.54, 1.807) is 6.07 Å².